The summed E-state index contributed by atoms with van der Waals surface area (Å²) in [7, 11) is 0. The normalized spacial score (nSPS) is 12.1. The van der Waals surface area contributed by atoms with Crippen molar-refractivity contribution in [2.24, 2.45) is 5.92 Å². The highest BCUT2D eigenvalue weighted by Gasteiger charge is 2.22. The number of hydrogen-bond donors (Lipinski definition) is 2. The average Bonchev–Trinajstić information content (AvgIpc) is 2.32. The number of rotatable bonds is 5. The summed E-state index contributed by atoms with van der Waals surface area (Å²) in [4.78, 5) is 23.1. The van der Waals surface area contributed by atoms with Crippen molar-refractivity contribution in [1.29, 1.82) is 0 Å². The number of hydrogen-bond acceptors (Lipinski definition) is 2. The van der Waals surface area contributed by atoms with Crippen LogP contribution in [0, 0.1) is 12.8 Å². The Balaban J connectivity index is 2.59. The minimum absolute atomic E-state index is 0.0569. The summed E-state index contributed by atoms with van der Waals surface area (Å²) in [5, 5.41) is 5.54. The molecule has 4 heteroatoms. The Morgan fingerprint density at radius 2 is 1.95 bits per heavy atom. The second kappa shape index (κ2) is 6.92. The molecule has 4 nitrogen and oxygen atoms in total. The van der Waals surface area contributed by atoms with Gasteiger partial charge < -0.3 is 10.6 Å². The van der Waals surface area contributed by atoms with E-state index >= 15 is 0 Å². The fourth-order valence-corrected chi connectivity index (χ4v) is 1.88. The van der Waals surface area contributed by atoms with E-state index in [2.05, 4.69) is 10.6 Å². The van der Waals surface area contributed by atoms with Crippen LogP contribution < -0.4 is 10.6 Å². The lowest BCUT2D eigenvalue weighted by molar-refractivity contribution is -0.129. The molecule has 1 aromatic carbocycles. The Morgan fingerprint density at radius 3 is 2.47 bits per heavy atom. The summed E-state index contributed by atoms with van der Waals surface area (Å²) in [5.41, 5.74) is 2.22. The van der Waals surface area contributed by atoms with Crippen molar-refractivity contribution in [2.45, 2.75) is 40.3 Å². The van der Waals surface area contributed by atoms with Gasteiger partial charge in [0.1, 0.15) is 6.04 Å². The highest BCUT2D eigenvalue weighted by Crippen LogP contribution is 2.05. The molecule has 0 saturated carbocycles. The molecule has 0 aromatic heterocycles. The van der Waals surface area contributed by atoms with Crippen molar-refractivity contribution >= 4 is 11.8 Å². The zero-order valence-corrected chi connectivity index (χ0v) is 12.0. The molecular formula is C15H22N2O2. The first kappa shape index (κ1) is 15.2. The summed E-state index contributed by atoms with van der Waals surface area (Å²) < 4.78 is 0. The van der Waals surface area contributed by atoms with Crippen LogP contribution in [0.25, 0.3) is 0 Å². The van der Waals surface area contributed by atoms with E-state index in [0.717, 1.165) is 11.1 Å². The van der Waals surface area contributed by atoms with Gasteiger partial charge in [-0.15, -0.1) is 0 Å². The smallest absolute Gasteiger partial charge is 0.243 e. The number of aryl methyl sites for hydroxylation is 1. The predicted molar refractivity (Wildman–Crippen MR) is 75.5 cm³/mol. The monoisotopic (exact) mass is 262 g/mol. The van der Waals surface area contributed by atoms with Crippen molar-refractivity contribution in [3.8, 4) is 0 Å². The van der Waals surface area contributed by atoms with Crippen LogP contribution in [0.2, 0.25) is 0 Å². The maximum absolute atomic E-state index is 12.1. The third kappa shape index (κ3) is 5.12. The molecule has 1 atom stereocenters. The van der Waals surface area contributed by atoms with Crippen molar-refractivity contribution in [2.75, 3.05) is 0 Å². The standard InChI is InChI=1S/C15H22N2O2/c1-10(2)14(17-12(4)18)15(19)16-9-13-7-5-6-11(3)8-13/h5-8,10,14H,9H2,1-4H3,(H,16,19)(H,17,18). The quantitative estimate of drug-likeness (QED) is 0.849. The first-order valence-electron chi connectivity index (χ1n) is 6.50. The van der Waals surface area contributed by atoms with E-state index in [9.17, 15) is 9.59 Å². The van der Waals surface area contributed by atoms with Crippen LogP contribution in [0.5, 0.6) is 0 Å². The average molecular weight is 262 g/mol. The van der Waals surface area contributed by atoms with E-state index in [4.69, 9.17) is 0 Å². The SMILES string of the molecule is CC(=O)NC(C(=O)NCc1cccc(C)c1)C(C)C. The van der Waals surface area contributed by atoms with Crippen LogP contribution in [0.15, 0.2) is 24.3 Å². The highest BCUT2D eigenvalue weighted by molar-refractivity contribution is 5.86. The second-order valence-electron chi connectivity index (χ2n) is 5.13. The van der Waals surface area contributed by atoms with Crippen LogP contribution in [0.3, 0.4) is 0 Å². The van der Waals surface area contributed by atoms with Gasteiger partial charge in [0.2, 0.25) is 11.8 Å². The number of benzene rings is 1. The zero-order valence-electron chi connectivity index (χ0n) is 12.0. The van der Waals surface area contributed by atoms with Gasteiger partial charge in [-0.25, -0.2) is 0 Å². The summed E-state index contributed by atoms with van der Waals surface area (Å²) in [5.74, 6) is -0.280. The van der Waals surface area contributed by atoms with E-state index in [1.54, 1.807) is 0 Å². The topological polar surface area (TPSA) is 58.2 Å². The van der Waals surface area contributed by atoms with E-state index < -0.39 is 6.04 Å². The minimum Gasteiger partial charge on any atom is -0.350 e. The molecule has 0 bridgehead atoms. The lowest BCUT2D eigenvalue weighted by atomic mass is 10.0. The molecule has 104 valence electrons. The summed E-state index contributed by atoms with van der Waals surface area (Å²) in [6.45, 7) is 7.73. The Labute approximate surface area is 114 Å². The maximum atomic E-state index is 12.1. The molecule has 1 rings (SSSR count). The summed E-state index contributed by atoms with van der Waals surface area (Å²) >= 11 is 0. The maximum Gasteiger partial charge on any atom is 0.243 e. The van der Waals surface area contributed by atoms with Gasteiger partial charge in [-0.2, -0.15) is 0 Å². The van der Waals surface area contributed by atoms with Crippen molar-refractivity contribution in [1.82, 2.24) is 10.6 Å². The van der Waals surface area contributed by atoms with Gasteiger partial charge >= 0.3 is 0 Å². The van der Waals surface area contributed by atoms with E-state index in [-0.39, 0.29) is 17.7 Å². The third-order valence-electron chi connectivity index (χ3n) is 2.86. The number of carbonyl (C=O) groups excluding carboxylic acids is 2. The largest absolute Gasteiger partial charge is 0.350 e. The van der Waals surface area contributed by atoms with E-state index in [1.165, 1.54) is 6.92 Å². The Hall–Kier alpha value is -1.84. The Bertz CT molecular complexity index is 455. The van der Waals surface area contributed by atoms with Gasteiger partial charge in [-0.05, 0) is 18.4 Å². The zero-order chi connectivity index (χ0) is 14.4. The van der Waals surface area contributed by atoms with Crippen molar-refractivity contribution in [3.63, 3.8) is 0 Å². The second-order valence-corrected chi connectivity index (χ2v) is 5.13. The first-order valence-corrected chi connectivity index (χ1v) is 6.50. The van der Waals surface area contributed by atoms with Crippen molar-refractivity contribution in [3.05, 3.63) is 35.4 Å². The molecule has 0 aliphatic rings. The van der Waals surface area contributed by atoms with Gasteiger partial charge in [0.25, 0.3) is 0 Å². The lowest BCUT2D eigenvalue weighted by Crippen LogP contribution is -2.48. The molecule has 2 amide bonds. The van der Waals surface area contributed by atoms with Gasteiger partial charge in [-0.3, -0.25) is 9.59 Å². The molecule has 0 heterocycles. The molecule has 0 saturated heterocycles. The van der Waals surface area contributed by atoms with Crippen LogP contribution in [0.4, 0.5) is 0 Å². The molecule has 0 aliphatic carbocycles. The summed E-state index contributed by atoms with van der Waals surface area (Å²) in [6, 6.07) is 7.49. The number of nitrogens with one attached hydrogen (secondary N) is 2. The van der Waals surface area contributed by atoms with E-state index in [1.807, 2.05) is 45.0 Å². The van der Waals surface area contributed by atoms with Crippen LogP contribution in [-0.4, -0.2) is 17.9 Å². The molecule has 1 unspecified atom stereocenters. The number of amides is 2. The summed E-state index contributed by atoms with van der Waals surface area (Å²) in [6.07, 6.45) is 0. The molecular weight excluding hydrogens is 240 g/mol. The molecule has 0 aliphatic heterocycles. The highest BCUT2D eigenvalue weighted by atomic mass is 16.2. The van der Waals surface area contributed by atoms with Crippen LogP contribution >= 0.6 is 0 Å². The molecule has 1 aromatic rings. The van der Waals surface area contributed by atoms with Crippen molar-refractivity contribution < 1.29 is 9.59 Å². The molecule has 0 radical (unpaired) electrons. The molecule has 0 fully saturated rings. The minimum atomic E-state index is -0.484. The first-order chi connectivity index (χ1) is 8.90. The Kier molecular flexibility index (Phi) is 5.55. The molecule has 2 N–H and O–H groups in total. The van der Waals surface area contributed by atoms with Crippen LogP contribution in [-0.2, 0) is 16.1 Å². The van der Waals surface area contributed by atoms with E-state index in [0.29, 0.717) is 6.54 Å². The van der Waals surface area contributed by atoms with Gasteiger partial charge in [-0.1, -0.05) is 43.7 Å². The Morgan fingerprint density at radius 1 is 1.26 bits per heavy atom. The lowest BCUT2D eigenvalue weighted by Gasteiger charge is -2.21. The predicted octanol–water partition coefficient (Wildman–Crippen LogP) is 1.77. The van der Waals surface area contributed by atoms with Gasteiger partial charge in [0.15, 0.2) is 0 Å². The van der Waals surface area contributed by atoms with Gasteiger partial charge in [0, 0.05) is 13.5 Å². The third-order valence-corrected chi connectivity index (χ3v) is 2.86. The fraction of sp³-hybridized carbons (Fsp3) is 0.467. The number of carbonyl (C=O) groups is 2. The molecule has 0 spiro atoms. The molecule has 19 heavy (non-hydrogen) atoms. The fourth-order valence-electron chi connectivity index (χ4n) is 1.88. The van der Waals surface area contributed by atoms with Gasteiger partial charge in [0.05, 0.1) is 0 Å². The van der Waals surface area contributed by atoms with Crippen LogP contribution in [0.1, 0.15) is 31.9 Å².